The van der Waals surface area contributed by atoms with E-state index in [0.717, 1.165) is 44.7 Å². The quantitative estimate of drug-likeness (QED) is 0.846. The molecular formula is C15H25Cl2N3. The highest BCUT2D eigenvalue weighted by Crippen LogP contribution is 2.24. The van der Waals surface area contributed by atoms with Crippen molar-refractivity contribution in [1.82, 2.24) is 15.2 Å². The molecule has 2 rings (SSSR count). The van der Waals surface area contributed by atoms with Gasteiger partial charge in [-0.2, -0.15) is 0 Å². The van der Waals surface area contributed by atoms with E-state index in [1.807, 2.05) is 6.08 Å². The number of aryl methyl sites for hydroxylation is 1. The lowest BCUT2D eigenvalue weighted by atomic mass is 10.0. The zero-order valence-electron chi connectivity index (χ0n) is 12.0. The Bertz CT molecular complexity index is 392. The molecule has 3 nitrogen and oxygen atoms in total. The molecule has 5 heteroatoms. The van der Waals surface area contributed by atoms with Crippen LogP contribution in [-0.2, 0) is 0 Å². The van der Waals surface area contributed by atoms with E-state index in [1.54, 1.807) is 0 Å². The summed E-state index contributed by atoms with van der Waals surface area (Å²) >= 11 is 0. The first-order valence-corrected chi connectivity index (χ1v) is 6.80. The maximum absolute atomic E-state index is 4.71. The number of nitrogens with one attached hydrogen (secondary N) is 1. The SMILES string of the molecule is C=CCC[C@@H](c1cccc(C)n1)N1CCNCC1.Cl.Cl. The van der Waals surface area contributed by atoms with Gasteiger partial charge in [-0.05, 0) is 31.9 Å². The topological polar surface area (TPSA) is 28.2 Å². The lowest BCUT2D eigenvalue weighted by Crippen LogP contribution is -2.45. The lowest BCUT2D eigenvalue weighted by Gasteiger charge is -2.34. The summed E-state index contributed by atoms with van der Waals surface area (Å²) < 4.78 is 0. The Hall–Kier alpha value is -0.610. The van der Waals surface area contributed by atoms with E-state index in [-0.39, 0.29) is 24.8 Å². The molecule has 1 atom stereocenters. The van der Waals surface area contributed by atoms with Gasteiger partial charge in [-0.15, -0.1) is 31.4 Å². The second kappa shape index (κ2) is 10.2. The van der Waals surface area contributed by atoms with Gasteiger partial charge in [-0.1, -0.05) is 12.1 Å². The molecule has 0 radical (unpaired) electrons. The molecule has 0 spiro atoms. The van der Waals surface area contributed by atoms with Crippen LogP contribution in [0, 0.1) is 6.92 Å². The number of hydrogen-bond donors (Lipinski definition) is 1. The normalized spacial score (nSPS) is 16.6. The summed E-state index contributed by atoms with van der Waals surface area (Å²) in [6.07, 6.45) is 4.16. The van der Waals surface area contributed by atoms with Gasteiger partial charge in [-0.25, -0.2) is 0 Å². The smallest absolute Gasteiger partial charge is 0.0578 e. The molecule has 1 aliphatic rings. The van der Waals surface area contributed by atoms with Crippen molar-refractivity contribution in [3.63, 3.8) is 0 Å². The van der Waals surface area contributed by atoms with Crippen molar-refractivity contribution in [3.8, 4) is 0 Å². The highest BCUT2D eigenvalue weighted by Gasteiger charge is 2.22. The molecule has 114 valence electrons. The molecule has 0 saturated carbocycles. The molecule has 1 fully saturated rings. The first-order valence-electron chi connectivity index (χ1n) is 6.80. The largest absolute Gasteiger partial charge is 0.314 e. The number of rotatable bonds is 5. The van der Waals surface area contributed by atoms with Crippen LogP contribution in [0.5, 0.6) is 0 Å². The monoisotopic (exact) mass is 317 g/mol. The molecule has 0 aromatic carbocycles. The van der Waals surface area contributed by atoms with E-state index < -0.39 is 0 Å². The zero-order valence-corrected chi connectivity index (χ0v) is 13.7. The van der Waals surface area contributed by atoms with Gasteiger partial charge >= 0.3 is 0 Å². The molecule has 0 amide bonds. The number of piperazine rings is 1. The predicted octanol–water partition coefficient (Wildman–Crippen LogP) is 3.15. The van der Waals surface area contributed by atoms with Gasteiger partial charge in [0, 0.05) is 31.9 Å². The second-order valence-corrected chi connectivity index (χ2v) is 4.87. The first-order chi connectivity index (χ1) is 8.81. The standard InChI is InChI=1S/C15H23N3.2ClH/c1-3-4-8-15(18-11-9-16-10-12-18)14-7-5-6-13(2)17-14;;/h3,5-7,15-16H,1,4,8-12H2,2H3;2*1H/t15-;;/m0../s1. The van der Waals surface area contributed by atoms with Crippen LogP contribution < -0.4 is 5.32 Å². The second-order valence-electron chi connectivity index (χ2n) is 4.87. The third-order valence-electron chi connectivity index (χ3n) is 3.49. The van der Waals surface area contributed by atoms with Crippen LogP contribution in [0.15, 0.2) is 30.9 Å². The van der Waals surface area contributed by atoms with E-state index in [1.165, 1.54) is 5.69 Å². The number of aromatic nitrogens is 1. The van der Waals surface area contributed by atoms with Gasteiger partial charge in [0.2, 0.25) is 0 Å². The highest BCUT2D eigenvalue weighted by atomic mass is 35.5. The van der Waals surface area contributed by atoms with Crippen LogP contribution in [0.25, 0.3) is 0 Å². The molecule has 20 heavy (non-hydrogen) atoms. The van der Waals surface area contributed by atoms with Crippen molar-refractivity contribution >= 4 is 24.8 Å². The summed E-state index contributed by atoms with van der Waals surface area (Å²) in [5, 5.41) is 3.41. The molecule has 0 aliphatic carbocycles. The minimum atomic E-state index is 0. The average Bonchev–Trinajstić information content (AvgIpc) is 2.40. The molecule has 2 heterocycles. The number of halogens is 2. The van der Waals surface area contributed by atoms with E-state index in [2.05, 4.69) is 41.9 Å². The van der Waals surface area contributed by atoms with Crippen LogP contribution >= 0.6 is 24.8 Å². The van der Waals surface area contributed by atoms with Crippen LogP contribution in [0.1, 0.15) is 30.3 Å². The summed E-state index contributed by atoms with van der Waals surface area (Å²) in [4.78, 5) is 7.25. The third-order valence-corrected chi connectivity index (χ3v) is 3.49. The molecule has 1 aromatic rings. The minimum absolute atomic E-state index is 0. The van der Waals surface area contributed by atoms with E-state index in [4.69, 9.17) is 4.98 Å². The summed E-state index contributed by atoms with van der Waals surface area (Å²) in [7, 11) is 0. The Labute approximate surface area is 134 Å². The van der Waals surface area contributed by atoms with Gasteiger partial charge in [0.25, 0.3) is 0 Å². The van der Waals surface area contributed by atoms with Crippen molar-refractivity contribution in [1.29, 1.82) is 0 Å². The van der Waals surface area contributed by atoms with E-state index in [9.17, 15) is 0 Å². The Morgan fingerprint density at radius 1 is 1.35 bits per heavy atom. The average molecular weight is 318 g/mol. The Balaban J connectivity index is 0.00000180. The number of hydrogen-bond acceptors (Lipinski definition) is 3. The maximum atomic E-state index is 4.71. The van der Waals surface area contributed by atoms with Crippen molar-refractivity contribution in [2.75, 3.05) is 26.2 Å². The van der Waals surface area contributed by atoms with Crippen LogP contribution in [-0.4, -0.2) is 36.1 Å². The Morgan fingerprint density at radius 2 is 2.05 bits per heavy atom. The number of pyridine rings is 1. The van der Waals surface area contributed by atoms with E-state index >= 15 is 0 Å². The van der Waals surface area contributed by atoms with Gasteiger partial charge in [-0.3, -0.25) is 9.88 Å². The van der Waals surface area contributed by atoms with Crippen molar-refractivity contribution in [2.24, 2.45) is 0 Å². The third kappa shape index (κ3) is 5.41. The number of allylic oxidation sites excluding steroid dienone is 1. The lowest BCUT2D eigenvalue weighted by molar-refractivity contribution is 0.163. The van der Waals surface area contributed by atoms with Crippen molar-refractivity contribution < 1.29 is 0 Å². The summed E-state index contributed by atoms with van der Waals surface area (Å²) in [6.45, 7) is 10.3. The fourth-order valence-electron chi connectivity index (χ4n) is 2.54. The summed E-state index contributed by atoms with van der Waals surface area (Å²) in [5.74, 6) is 0. The minimum Gasteiger partial charge on any atom is -0.314 e. The highest BCUT2D eigenvalue weighted by molar-refractivity contribution is 5.85. The van der Waals surface area contributed by atoms with Crippen LogP contribution in [0.4, 0.5) is 0 Å². The molecule has 1 aromatic heterocycles. The Kier molecular flexibility index (Phi) is 9.86. The molecule has 1 saturated heterocycles. The van der Waals surface area contributed by atoms with Gasteiger partial charge in [0.05, 0.1) is 11.7 Å². The molecule has 0 unspecified atom stereocenters. The van der Waals surface area contributed by atoms with Crippen molar-refractivity contribution in [3.05, 3.63) is 42.2 Å². The first kappa shape index (κ1) is 19.4. The maximum Gasteiger partial charge on any atom is 0.0578 e. The molecular weight excluding hydrogens is 293 g/mol. The fourth-order valence-corrected chi connectivity index (χ4v) is 2.54. The molecule has 1 aliphatic heterocycles. The molecule has 0 bridgehead atoms. The summed E-state index contributed by atoms with van der Waals surface area (Å²) in [5.41, 5.74) is 2.31. The predicted molar refractivity (Wildman–Crippen MR) is 90.1 cm³/mol. The van der Waals surface area contributed by atoms with E-state index in [0.29, 0.717) is 6.04 Å². The van der Waals surface area contributed by atoms with Gasteiger partial charge < -0.3 is 5.32 Å². The van der Waals surface area contributed by atoms with Crippen LogP contribution in [0.3, 0.4) is 0 Å². The Morgan fingerprint density at radius 3 is 2.65 bits per heavy atom. The zero-order chi connectivity index (χ0) is 12.8. The summed E-state index contributed by atoms with van der Waals surface area (Å²) in [6, 6.07) is 6.76. The van der Waals surface area contributed by atoms with Gasteiger partial charge in [0.15, 0.2) is 0 Å². The fraction of sp³-hybridized carbons (Fsp3) is 0.533. The van der Waals surface area contributed by atoms with Crippen LogP contribution in [0.2, 0.25) is 0 Å². The van der Waals surface area contributed by atoms with Crippen molar-refractivity contribution in [2.45, 2.75) is 25.8 Å². The number of nitrogens with zero attached hydrogens (tertiary/aromatic N) is 2. The van der Waals surface area contributed by atoms with Gasteiger partial charge in [0.1, 0.15) is 0 Å². The molecule has 1 N–H and O–H groups in total.